The summed E-state index contributed by atoms with van der Waals surface area (Å²) >= 11 is 0. The van der Waals surface area contributed by atoms with Gasteiger partial charge in [-0.3, -0.25) is 10.6 Å². The van der Waals surface area contributed by atoms with Crippen molar-refractivity contribution in [3.63, 3.8) is 0 Å². The third kappa shape index (κ3) is 5.53. The van der Waals surface area contributed by atoms with Gasteiger partial charge in [-0.15, -0.1) is 0 Å². The van der Waals surface area contributed by atoms with Crippen LogP contribution >= 0.6 is 0 Å². The molecular weight excluding hydrogens is 132 g/mol. The fourth-order valence-electron chi connectivity index (χ4n) is 0.707. The van der Waals surface area contributed by atoms with Crippen LogP contribution in [0.1, 0.15) is 13.8 Å². The highest BCUT2D eigenvalue weighted by Gasteiger charge is 2.05. The minimum Gasteiger partial charge on any atom is -0.480 e. The molecule has 3 N–H and O–H groups in total. The number of nitrogens with two attached hydrogens (primary N) is 1. The van der Waals surface area contributed by atoms with Crippen molar-refractivity contribution in [3.8, 4) is 0 Å². The van der Waals surface area contributed by atoms with Gasteiger partial charge in [0.15, 0.2) is 0 Å². The smallest absolute Gasteiger partial charge is 0.319 e. The highest BCUT2D eigenvalue weighted by molar-refractivity contribution is 5.68. The largest absolute Gasteiger partial charge is 0.480 e. The number of carboxylic acids is 1. The van der Waals surface area contributed by atoms with E-state index in [1.165, 1.54) is 5.01 Å². The van der Waals surface area contributed by atoms with Crippen molar-refractivity contribution in [2.75, 3.05) is 13.1 Å². The lowest BCUT2D eigenvalue weighted by atomic mass is 10.2. The van der Waals surface area contributed by atoms with Crippen LogP contribution in [0.3, 0.4) is 0 Å². The van der Waals surface area contributed by atoms with E-state index in [0.29, 0.717) is 12.5 Å². The van der Waals surface area contributed by atoms with E-state index in [0.717, 1.165) is 0 Å². The van der Waals surface area contributed by atoms with Crippen molar-refractivity contribution >= 4 is 5.97 Å². The summed E-state index contributed by atoms with van der Waals surface area (Å²) in [5, 5.41) is 9.57. The van der Waals surface area contributed by atoms with Crippen molar-refractivity contribution in [1.82, 2.24) is 5.01 Å². The number of nitrogens with zero attached hydrogens (tertiary/aromatic N) is 1. The summed E-state index contributed by atoms with van der Waals surface area (Å²) in [4.78, 5) is 10.1. The van der Waals surface area contributed by atoms with Crippen LogP contribution in [0.25, 0.3) is 0 Å². The number of hydrogen-bond acceptors (Lipinski definition) is 3. The zero-order valence-corrected chi connectivity index (χ0v) is 6.37. The summed E-state index contributed by atoms with van der Waals surface area (Å²) in [7, 11) is 0. The Balaban J connectivity index is 3.43. The minimum atomic E-state index is -0.886. The first-order valence-electron chi connectivity index (χ1n) is 3.23. The zero-order chi connectivity index (χ0) is 8.15. The third-order valence-electron chi connectivity index (χ3n) is 0.938. The first kappa shape index (κ1) is 9.39. The van der Waals surface area contributed by atoms with Crippen LogP contribution in [0.5, 0.6) is 0 Å². The van der Waals surface area contributed by atoms with Gasteiger partial charge < -0.3 is 5.11 Å². The second kappa shape index (κ2) is 4.24. The lowest BCUT2D eigenvalue weighted by Crippen LogP contribution is -2.38. The van der Waals surface area contributed by atoms with Gasteiger partial charge in [-0.2, -0.15) is 0 Å². The number of carbonyl (C=O) groups is 1. The van der Waals surface area contributed by atoms with Gasteiger partial charge in [0, 0.05) is 6.54 Å². The fraction of sp³-hybridized carbons (Fsp3) is 0.833. The van der Waals surface area contributed by atoms with Crippen molar-refractivity contribution in [3.05, 3.63) is 0 Å². The van der Waals surface area contributed by atoms with Crippen LogP contribution in [0.2, 0.25) is 0 Å². The predicted octanol–water partition coefficient (Wildman–Crippen LogP) is -0.0973. The van der Waals surface area contributed by atoms with Crippen LogP contribution in [-0.2, 0) is 4.79 Å². The van der Waals surface area contributed by atoms with Crippen LogP contribution < -0.4 is 5.84 Å². The summed E-state index contributed by atoms with van der Waals surface area (Å²) in [6.45, 7) is 4.51. The van der Waals surface area contributed by atoms with Crippen molar-refractivity contribution in [1.29, 1.82) is 0 Å². The minimum absolute atomic E-state index is 0.0851. The summed E-state index contributed by atoms with van der Waals surface area (Å²) in [6.07, 6.45) is 0. The average Bonchev–Trinajstić information content (AvgIpc) is 1.58. The van der Waals surface area contributed by atoms with E-state index in [-0.39, 0.29) is 6.54 Å². The van der Waals surface area contributed by atoms with E-state index >= 15 is 0 Å². The Morgan fingerprint density at radius 3 is 2.50 bits per heavy atom. The maximum absolute atomic E-state index is 10.1. The Morgan fingerprint density at radius 2 is 2.20 bits per heavy atom. The number of carboxylic acid groups (broad SMARTS) is 1. The SMILES string of the molecule is CC(C)CN(N)CC(=O)O. The first-order chi connectivity index (χ1) is 4.52. The highest BCUT2D eigenvalue weighted by atomic mass is 16.4. The quantitative estimate of drug-likeness (QED) is 0.429. The third-order valence-corrected chi connectivity index (χ3v) is 0.938. The summed E-state index contributed by atoms with van der Waals surface area (Å²) < 4.78 is 0. The van der Waals surface area contributed by atoms with Gasteiger partial charge in [0.2, 0.25) is 0 Å². The summed E-state index contributed by atoms with van der Waals surface area (Å²) in [6, 6.07) is 0. The molecule has 4 nitrogen and oxygen atoms in total. The molecule has 0 heterocycles. The van der Waals surface area contributed by atoms with Crippen LogP contribution in [0, 0.1) is 5.92 Å². The standard InChI is InChI=1S/C6H14N2O2/c1-5(2)3-8(7)4-6(9)10/h5H,3-4,7H2,1-2H3,(H,9,10). The van der Waals surface area contributed by atoms with Gasteiger partial charge in [0.25, 0.3) is 0 Å². The van der Waals surface area contributed by atoms with E-state index in [1.54, 1.807) is 0 Å². The molecule has 0 radical (unpaired) electrons. The molecule has 4 heteroatoms. The van der Waals surface area contributed by atoms with Crippen LogP contribution in [0.4, 0.5) is 0 Å². The number of rotatable bonds is 4. The second-order valence-electron chi connectivity index (χ2n) is 2.72. The Hall–Kier alpha value is -0.610. The number of aliphatic carboxylic acids is 1. The first-order valence-corrected chi connectivity index (χ1v) is 3.23. The van der Waals surface area contributed by atoms with E-state index in [4.69, 9.17) is 10.9 Å². The van der Waals surface area contributed by atoms with E-state index in [9.17, 15) is 4.79 Å². The molecule has 0 aliphatic rings. The molecule has 0 aliphatic carbocycles. The Bertz CT molecular complexity index is 114. The molecule has 0 aromatic carbocycles. The Labute approximate surface area is 60.6 Å². The Morgan fingerprint density at radius 1 is 1.70 bits per heavy atom. The van der Waals surface area contributed by atoms with E-state index in [2.05, 4.69) is 0 Å². The molecule has 0 saturated heterocycles. The zero-order valence-electron chi connectivity index (χ0n) is 6.37. The van der Waals surface area contributed by atoms with Gasteiger partial charge in [-0.05, 0) is 5.92 Å². The summed E-state index contributed by atoms with van der Waals surface area (Å²) in [5.41, 5.74) is 0. The topological polar surface area (TPSA) is 66.6 Å². The van der Waals surface area contributed by atoms with E-state index < -0.39 is 5.97 Å². The van der Waals surface area contributed by atoms with Gasteiger partial charge >= 0.3 is 5.97 Å². The molecule has 0 bridgehead atoms. The molecule has 0 spiro atoms. The maximum Gasteiger partial charge on any atom is 0.319 e. The lowest BCUT2D eigenvalue weighted by molar-refractivity contribution is -0.138. The van der Waals surface area contributed by atoms with Gasteiger partial charge in [-0.25, -0.2) is 5.01 Å². The summed E-state index contributed by atoms with van der Waals surface area (Å²) in [5.74, 6) is 4.85. The fourth-order valence-corrected chi connectivity index (χ4v) is 0.707. The Kier molecular flexibility index (Phi) is 3.99. The molecule has 0 aromatic rings. The predicted molar refractivity (Wildman–Crippen MR) is 38.2 cm³/mol. The van der Waals surface area contributed by atoms with Crippen LogP contribution in [0.15, 0.2) is 0 Å². The molecular formula is C6H14N2O2. The monoisotopic (exact) mass is 146 g/mol. The van der Waals surface area contributed by atoms with Crippen molar-refractivity contribution < 1.29 is 9.90 Å². The molecule has 0 amide bonds. The molecule has 0 aromatic heterocycles. The molecule has 0 rings (SSSR count). The van der Waals surface area contributed by atoms with Crippen molar-refractivity contribution in [2.24, 2.45) is 11.8 Å². The normalized spacial score (nSPS) is 10.9. The number of hydrazine groups is 1. The second-order valence-corrected chi connectivity index (χ2v) is 2.72. The molecule has 60 valence electrons. The molecule has 0 fully saturated rings. The van der Waals surface area contributed by atoms with Gasteiger partial charge in [-0.1, -0.05) is 13.8 Å². The average molecular weight is 146 g/mol. The highest BCUT2D eigenvalue weighted by Crippen LogP contribution is 1.92. The molecule has 0 saturated carbocycles. The molecule has 0 aliphatic heterocycles. The van der Waals surface area contributed by atoms with Gasteiger partial charge in [0.05, 0.1) is 0 Å². The molecule has 10 heavy (non-hydrogen) atoms. The van der Waals surface area contributed by atoms with Crippen LogP contribution in [-0.4, -0.2) is 29.2 Å². The van der Waals surface area contributed by atoms with E-state index in [1.807, 2.05) is 13.8 Å². The molecule has 0 unspecified atom stereocenters. The maximum atomic E-state index is 10.1. The van der Waals surface area contributed by atoms with Crippen molar-refractivity contribution in [2.45, 2.75) is 13.8 Å². The molecule has 0 atom stereocenters. The lowest BCUT2D eigenvalue weighted by Gasteiger charge is -2.15. The van der Waals surface area contributed by atoms with Gasteiger partial charge in [0.1, 0.15) is 6.54 Å². The number of hydrogen-bond donors (Lipinski definition) is 2.